The predicted octanol–water partition coefficient (Wildman–Crippen LogP) is 4.50. The fourth-order valence-electron chi connectivity index (χ4n) is 4.50. The first kappa shape index (κ1) is 27.9. The Morgan fingerprint density at radius 2 is 1.78 bits per heavy atom. The van der Waals surface area contributed by atoms with Crippen LogP contribution in [0.3, 0.4) is 0 Å². The minimum absolute atomic E-state index is 0.0389. The largest absolute Gasteiger partial charge is 0.352 e. The fourth-order valence-corrected chi connectivity index (χ4v) is 5.46. The lowest BCUT2D eigenvalue weighted by Gasteiger charge is -2.34. The lowest BCUT2D eigenvalue weighted by Crippen LogP contribution is -2.53. The summed E-state index contributed by atoms with van der Waals surface area (Å²) in [4.78, 5) is 28.4. The van der Waals surface area contributed by atoms with Crippen molar-refractivity contribution in [1.29, 1.82) is 0 Å². The van der Waals surface area contributed by atoms with Gasteiger partial charge in [0.2, 0.25) is 21.8 Å². The molecule has 1 fully saturated rings. The molecule has 7 nitrogen and oxygen atoms in total. The summed E-state index contributed by atoms with van der Waals surface area (Å²) in [6.45, 7) is 1.34. The lowest BCUT2D eigenvalue weighted by molar-refractivity contribution is -0.140. The Morgan fingerprint density at radius 1 is 1.11 bits per heavy atom. The number of carbonyl (C=O) groups is 2. The van der Waals surface area contributed by atoms with E-state index < -0.39 is 34.3 Å². The molecule has 2 aromatic rings. The van der Waals surface area contributed by atoms with E-state index in [0.29, 0.717) is 11.4 Å². The van der Waals surface area contributed by atoms with Crippen LogP contribution >= 0.6 is 11.6 Å². The zero-order valence-corrected chi connectivity index (χ0v) is 22.2. The quantitative estimate of drug-likeness (QED) is 0.483. The standard InChI is InChI=1S/C26H33ClFN3O4S/c1-3-24(26(33)29-22-9-5-4-6-10-22)30(17-19-12-14-20(27)15-13-19)25(32)18-31(36(2,34)35)23-11-7-8-21(28)16-23/h7-8,11-16,22,24H,3-6,9-10,17-18H2,1-2H3,(H,29,33)/t24-/m1/s1. The van der Waals surface area contributed by atoms with Crippen LogP contribution in [0.4, 0.5) is 10.1 Å². The molecular formula is C26H33ClFN3O4S. The molecule has 0 aliphatic heterocycles. The van der Waals surface area contributed by atoms with Gasteiger partial charge in [0.15, 0.2) is 0 Å². The molecule has 10 heteroatoms. The Labute approximate surface area is 217 Å². The molecule has 1 aliphatic carbocycles. The van der Waals surface area contributed by atoms with E-state index in [4.69, 9.17) is 11.6 Å². The third-order valence-electron chi connectivity index (χ3n) is 6.38. The van der Waals surface area contributed by atoms with Gasteiger partial charge in [-0.25, -0.2) is 12.8 Å². The summed E-state index contributed by atoms with van der Waals surface area (Å²) < 4.78 is 39.9. The molecule has 36 heavy (non-hydrogen) atoms. The summed E-state index contributed by atoms with van der Waals surface area (Å²) in [5, 5.41) is 3.62. The number of benzene rings is 2. The van der Waals surface area contributed by atoms with Gasteiger partial charge in [-0.2, -0.15) is 0 Å². The summed E-state index contributed by atoms with van der Waals surface area (Å²) in [5.74, 6) is -1.45. The zero-order chi connectivity index (χ0) is 26.3. The van der Waals surface area contributed by atoms with E-state index >= 15 is 0 Å². The van der Waals surface area contributed by atoms with Gasteiger partial charge in [0, 0.05) is 17.6 Å². The average Bonchev–Trinajstić information content (AvgIpc) is 2.83. The van der Waals surface area contributed by atoms with Gasteiger partial charge in [0.1, 0.15) is 18.4 Å². The summed E-state index contributed by atoms with van der Waals surface area (Å²) in [6, 6.07) is 11.2. The van der Waals surface area contributed by atoms with Crippen molar-refractivity contribution in [3.63, 3.8) is 0 Å². The van der Waals surface area contributed by atoms with Gasteiger partial charge >= 0.3 is 0 Å². The normalized spacial score (nSPS) is 15.2. The van der Waals surface area contributed by atoms with Crippen molar-refractivity contribution in [2.24, 2.45) is 0 Å². The molecule has 0 bridgehead atoms. The maximum Gasteiger partial charge on any atom is 0.244 e. The number of carbonyl (C=O) groups excluding carboxylic acids is 2. The highest BCUT2D eigenvalue weighted by atomic mass is 35.5. The molecular weight excluding hydrogens is 505 g/mol. The van der Waals surface area contributed by atoms with Crippen molar-refractivity contribution < 1.29 is 22.4 Å². The molecule has 1 N–H and O–H groups in total. The molecule has 0 aromatic heterocycles. The molecule has 3 rings (SSSR count). The highest BCUT2D eigenvalue weighted by Crippen LogP contribution is 2.22. The van der Waals surface area contributed by atoms with Gasteiger partial charge in [0.05, 0.1) is 11.9 Å². The van der Waals surface area contributed by atoms with Gasteiger partial charge in [-0.15, -0.1) is 0 Å². The Balaban J connectivity index is 1.90. The molecule has 0 unspecified atom stereocenters. The fraction of sp³-hybridized carbons (Fsp3) is 0.462. The van der Waals surface area contributed by atoms with Crippen LogP contribution in [-0.4, -0.2) is 50.0 Å². The maximum atomic E-state index is 13.9. The van der Waals surface area contributed by atoms with Gasteiger partial charge in [-0.1, -0.05) is 56.0 Å². The van der Waals surface area contributed by atoms with Crippen molar-refractivity contribution in [2.45, 2.75) is 64.1 Å². The van der Waals surface area contributed by atoms with Gasteiger partial charge < -0.3 is 10.2 Å². The molecule has 1 aliphatic rings. The molecule has 2 amide bonds. The van der Waals surface area contributed by atoms with E-state index in [2.05, 4.69) is 5.32 Å². The number of rotatable bonds is 10. The van der Waals surface area contributed by atoms with E-state index in [1.54, 1.807) is 24.3 Å². The van der Waals surface area contributed by atoms with Crippen molar-refractivity contribution in [2.75, 3.05) is 17.1 Å². The molecule has 0 saturated heterocycles. The van der Waals surface area contributed by atoms with Crippen molar-refractivity contribution in [3.8, 4) is 0 Å². The van der Waals surface area contributed by atoms with E-state index in [1.165, 1.54) is 23.1 Å². The number of hydrogen-bond donors (Lipinski definition) is 1. The topological polar surface area (TPSA) is 86.8 Å². The minimum Gasteiger partial charge on any atom is -0.352 e. The third kappa shape index (κ3) is 7.67. The summed E-state index contributed by atoms with van der Waals surface area (Å²) in [5.41, 5.74) is 0.783. The highest BCUT2D eigenvalue weighted by Gasteiger charge is 2.32. The van der Waals surface area contributed by atoms with Crippen LogP contribution in [-0.2, 0) is 26.2 Å². The summed E-state index contributed by atoms with van der Waals surface area (Å²) in [7, 11) is -3.92. The van der Waals surface area contributed by atoms with E-state index in [0.717, 1.165) is 54.3 Å². The maximum absolute atomic E-state index is 13.9. The van der Waals surface area contributed by atoms with Gasteiger partial charge in [0.25, 0.3) is 0 Å². The predicted molar refractivity (Wildman–Crippen MR) is 140 cm³/mol. The summed E-state index contributed by atoms with van der Waals surface area (Å²) >= 11 is 6.01. The lowest BCUT2D eigenvalue weighted by atomic mass is 9.95. The van der Waals surface area contributed by atoms with Crippen LogP contribution in [0.5, 0.6) is 0 Å². The number of sulfonamides is 1. The molecule has 0 spiro atoms. The Kier molecular flexibility index (Phi) is 9.73. The van der Waals surface area contributed by atoms with E-state index in [-0.39, 0.29) is 24.2 Å². The second-order valence-electron chi connectivity index (χ2n) is 9.17. The first-order valence-electron chi connectivity index (χ1n) is 12.2. The molecule has 0 heterocycles. The first-order chi connectivity index (χ1) is 17.1. The molecule has 1 saturated carbocycles. The number of nitrogens with zero attached hydrogens (tertiary/aromatic N) is 2. The van der Waals surface area contributed by atoms with E-state index in [1.807, 2.05) is 6.92 Å². The Hall–Kier alpha value is -2.65. The molecule has 2 aromatic carbocycles. The second-order valence-corrected chi connectivity index (χ2v) is 11.5. The van der Waals surface area contributed by atoms with Crippen molar-refractivity contribution in [3.05, 3.63) is 64.9 Å². The van der Waals surface area contributed by atoms with Crippen molar-refractivity contribution >= 4 is 39.1 Å². The SMILES string of the molecule is CC[C@H](C(=O)NC1CCCCC1)N(Cc1ccc(Cl)cc1)C(=O)CN(c1cccc(F)c1)S(C)(=O)=O. The number of nitrogens with one attached hydrogen (secondary N) is 1. The van der Waals surface area contributed by atoms with Crippen LogP contribution in [0, 0.1) is 5.82 Å². The number of hydrogen-bond acceptors (Lipinski definition) is 4. The number of halogens is 2. The Bertz CT molecular complexity index is 1150. The first-order valence-corrected chi connectivity index (χ1v) is 14.4. The van der Waals surface area contributed by atoms with E-state index in [9.17, 15) is 22.4 Å². The number of amides is 2. The average molecular weight is 538 g/mol. The van der Waals surface area contributed by atoms with Crippen LogP contribution in [0.15, 0.2) is 48.5 Å². The van der Waals surface area contributed by atoms with Crippen LogP contribution < -0.4 is 9.62 Å². The molecule has 196 valence electrons. The smallest absolute Gasteiger partial charge is 0.244 e. The van der Waals surface area contributed by atoms with Gasteiger partial charge in [-0.3, -0.25) is 13.9 Å². The van der Waals surface area contributed by atoms with Crippen LogP contribution in [0.1, 0.15) is 51.0 Å². The highest BCUT2D eigenvalue weighted by molar-refractivity contribution is 7.92. The summed E-state index contributed by atoms with van der Waals surface area (Å²) in [6.07, 6.45) is 6.34. The van der Waals surface area contributed by atoms with Crippen molar-refractivity contribution in [1.82, 2.24) is 10.2 Å². The zero-order valence-electron chi connectivity index (χ0n) is 20.6. The van der Waals surface area contributed by atoms with Crippen LogP contribution in [0.25, 0.3) is 0 Å². The third-order valence-corrected chi connectivity index (χ3v) is 7.77. The monoisotopic (exact) mass is 537 g/mol. The Morgan fingerprint density at radius 3 is 2.36 bits per heavy atom. The van der Waals surface area contributed by atoms with Crippen LogP contribution in [0.2, 0.25) is 5.02 Å². The molecule has 0 radical (unpaired) electrons. The van der Waals surface area contributed by atoms with Gasteiger partial charge in [-0.05, 0) is 55.2 Å². The molecule has 1 atom stereocenters. The number of anilines is 1. The second kappa shape index (κ2) is 12.5. The minimum atomic E-state index is -3.92.